The highest BCUT2D eigenvalue weighted by atomic mass is 16.7. The zero-order valence-corrected chi connectivity index (χ0v) is 22.3. The van der Waals surface area contributed by atoms with Gasteiger partial charge in [-0.2, -0.15) is 0 Å². The summed E-state index contributed by atoms with van der Waals surface area (Å²) in [6.07, 6.45) is 2.87. The Hall–Kier alpha value is -5.31. The largest absolute Gasteiger partial charge is 0.511 e. The molecule has 0 saturated carbocycles. The number of unbranched alkanes of at least 4 members (excludes halogenated alkanes) is 1. The van der Waals surface area contributed by atoms with Gasteiger partial charge >= 0.3 is 6.16 Å². The van der Waals surface area contributed by atoms with E-state index in [1.807, 2.05) is 36.4 Å². The maximum atomic E-state index is 13.1. The lowest BCUT2D eigenvalue weighted by molar-refractivity contribution is 0.0925. The predicted molar refractivity (Wildman–Crippen MR) is 153 cm³/mol. The molecule has 0 saturated heterocycles. The normalized spacial score (nSPS) is 12.7. The Labute approximate surface area is 235 Å². The third-order valence-electron chi connectivity index (χ3n) is 7.17. The van der Waals surface area contributed by atoms with Gasteiger partial charge in [-0.1, -0.05) is 67.9 Å². The average Bonchev–Trinajstić information content (AvgIpc) is 3.45. The molecule has 0 atom stereocenters. The number of imidazole rings is 1. The van der Waals surface area contributed by atoms with Gasteiger partial charge in [0.15, 0.2) is 5.65 Å². The summed E-state index contributed by atoms with van der Waals surface area (Å²) in [6, 6.07) is 23.4. The van der Waals surface area contributed by atoms with Crippen molar-refractivity contribution >= 4 is 34.8 Å². The van der Waals surface area contributed by atoms with Crippen LogP contribution in [0.5, 0.6) is 5.75 Å². The van der Waals surface area contributed by atoms with Crippen LogP contribution in [0.4, 0.5) is 10.5 Å². The van der Waals surface area contributed by atoms with Crippen LogP contribution in [0.3, 0.4) is 0 Å². The van der Waals surface area contributed by atoms with E-state index in [1.54, 1.807) is 42.5 Å². The number of carboxylic acid groups (broad SMARTS) is 1. The van der Waals surface area contributed by atoms with E-state index in [2.05, 4.69) is 16.5 Å². The van der Waals surface area contributed by atoms with Crippen LogP contribution in [-0.4, -0.2) is 37.6 Å². The molecule has 204 valence electrons. The number of carbonyl (C=O) groups excluding carboxylic acids is 2. The summed E-state index contributed by atoms with van der Waals surface area (Å²) in [6.45, 7) is 2.62. The topological polar surface area (TPSA) is 115 Å². The molecule has 3 aromatic carbocycles. The maximum absolute atomic E-state index is 13.1. The number of hydrogen-bond acceptors (Lipinski definition) is 6. The van der Waals surface area contributed by atoms with Crippen molar-refractivity contribution in [1.29, 1.82) is 0 Å². The van der Waals surface area contributed by atoms with Gasteiger partial charge in [-0.05, 0) is 41.8 Å². The molecule has 0 radical (unpaired) electrons. The van der Waals surface area contributed by atoms with Crippen LogP contribution in [0, 0.1) is 0 Å². The molecule has 1 N–H and O–H groups in total. The summed E-state index contributed by atoms with van der Waals surface area (Å²) in [5.74, 6) is 0.402. The van der Waals surface area contributed by atoms with Crippen molar-refractivity contribution < 1.29 is 24.2 Å². The Morgan fingerprint density at radius 3 is 2.22 bits per heavy atom. The smallest absolute Gasteiger partial charge is 0.449 e. The standard InChI is InChI=1S/C32H26N4O5/c1-2-3-12-28-34-29-26(17-22(18-33-29)36-30(37)24-9-4-5-10-25(24)31(36)38)35(28)19-20-13-15-21(16-14-20)23-8-6-7-11-27(23)41-32(39)40/h4-11,13-18H,2-3,12,19H2,1H3,(H,39,40). The zero-order valence-electron chi connectivity index (χ0n) is 22.3. The number of nitrogens with zero attached hydrogens (tertiary/aromatic N) is 4. The van der Waals surface area contributed by atoms with Gasteiger partial charge in [-0.25, -0.2) is 19.7 Å². The summed E-state index contributed by atoms with van der Waals surface area (Å²) in [7, 11) is 0. The van der Waals surface area contributed by atoms with Crippen LogP contribution in [0.1, 0.15) is 51.9 Å². The molecule has 9 heteroatoms. The maximum Gasteiger partial charge on any atom is 0.511 e. The van der Waals surface area contributed by atoms with Gasteiger partial charge in [0.05, 0.1) is 28.5 Å². The molecule has 6 rings (SSSR count). The summed E-state index contributed by atoms with van der Waals surface area (Å²) < 4.78 is 7.03. The van der Waals surface area contributed by atoms with Crippen LogP contribution >= 0.6 is 0 Å². The Kier molecular flexibility index (Phi) is 6.76. The Morgan fingerprint density at radius 1 is 0.902 bits per heavy atom. The Morgan fingerprint density at radius 2 is 1.56 bits per heavy atom. The minimum atomic E-state index is -1.37. The number of carbonyl (C=O) groups is 3. The molecule has 1 aliphatic rings. The van der Waals surface area contributed by atoms with Crippen molar-refractivity contribution in [2.24, 2.45) is 0 Å². The van der Waals surface area contributed by atoms with Crippen LogP contribution in [0.2, 0.25) is 0 Å². The number of aromatic nitrogens is 3. The quantitative estimate of drug-likeness (QED) is 0.137. The number of fused-ring (bicyclic) bond motifs is 2. The number of anilines is 1. The number of amides is 2. The van der Waals surface area contributed by atoms with Gasteiger partial charge in [-0.3, -0.25) is 9.59 Å². The summed E-state index contributed by atoms with van der Waals surface area (Å²) in [5, 5.41) is 9.09. The Balaban J connectivity index is 1.35. The molecule has 0 bridgehead atoms. The third kappa shape index (κ3) is 4.82. The SMILES string of the molecule is CCCCc1nc2ncc(N3C(=O)c4ccccc4C3=O)cc2n1Cc1ccc(-c2ccccc2OC(=O)O)cc1. The first kappa shape index (κ1) is 25.9. The summed E-state index contributed by atoms with van der Waals surface area (Å²) >= 11 is 0. The molecule has 2 aromatic heterocycles. The fourth-order valence-electron chi connectivity index (χ4n) is 5.15. The van der Waals surface area contributed by atoms with Crippen molar-refractivity contribution in [2.75, 3.05) is 4.90 Å². The molecule has 9 nitrogen and oxygen atoms in total. The highest BCUT2D eigenvalue weighted by Gasteiger charge is 2.36. The van der Waals surface area contributed by atoms with Crippen molar-refractivity contribution in [1.82, 2.24) is 14.5 Å². The van der Waals surface area contributed by atoms with E-state index in [0.717, 1.165) is 41.7 Å². The average molecular weight is 547 g/mol. The lowest BCUT2D eigenvalue weighted by Gasteiger charge is -2.15. The molecule has 0 spiro atoms. The van der Waals surface area contributed by atoms with Gasteiger partial charge in [0.25, 0.3) is 11.8 Å². The Bertz CT molecular complexity index is 1770. The van der Waals surface area contributed by atoms with Gasteiger partial charge in [-0.15, -0.1) is 0 Å². The highest BCUT2D eigenvalue weighted by Crippen LogP contribution is 2.32. The molecule has 5 aromatic rings. The van der Waals surface area contributed by atoms with Crippen LogP contribution < -0.4 is 9.64 Å². The molecule has 0 aliphatic carbocycles. The van der Waals surface area contributed by atoms with Crippen molar-refractivity contribution in [2.45, 2.75) is 32.7 Å². The van der Waals surface area contributed by atoms with Crippen molar-refractivity contribution in [3.63, 3.8) is 0 Å². The van der Waals surface area contributed by atoms with Gasteiger partial charge < -0.3 is 14.4 Å². The van der Waals surface area contributed by atoms with Gasteiger partial charge in [0.2, 0.25) is 0 Å². The van der Waals surface area contributed by atoms with Crippen LogP contribution in [-0.2, 0) is 13.0 Å². The molecule has 0 fully saturated rings. The summed E-state index contributed by atoms with van der Waals surface area (Å²) in [4.78, 5) is 47.8. The van der Waals surface area contributed by atoms with E-state index in [4.69, 9.17) is 14.8 Å². The van der Waals surface area contributed by atoms with Crippen molar-refractivity contribution in [3.8, 4) is 16.9 Å². The third-order valence-corrected chi connectivity index (χ3v) is 7.17. The number of imide groups is 1. The van der Waals surface area contributed by atoms with E-state index >= 15 is 0 Å². The lowest BCUT2D eigenvalue weighted by atomic mass is 10.0. The fraction of sp³-hybridized carbons (Fsp3) is 0.156. The monoisotopic (exact) mass is 546 g/mol. The molecule has 0 unspecified atom stereocenters. The van der Waals surface area contributed by atoms with Gasteiger partial charge in [0, 0.05) is 18.5 Å². The van der Waals surface area contributed by atoms with Crippen molar-refractivity contribution in [3.05, 3.63) is 108 Å². The van der Waals surface area contributed by atoms with Crippen LogP contribution in [0.25, 0.3) is 22.3 Å². The van der Waals surface area contributed by atoms with E-state index in [0.29, 0.717) is 34.6 Å². The molecule has 1 aliphatic heterocycles. The molecule has 41 heavy (non-hydrogen) atoms. The predicted octanol–water partition coefficient (Wildman–Crippen LogP) is 6.35. The zero-order chi connectivity index (χ0) is 28.5. The first-order valence-electron chi connectivity index (χ1n) is 13.4. The second-order valence-corrected chi connectivity index (χ2v) is 9.81. The second-order valence-electron chi connectivity index (χ2n) is 9.81. The summed E-state index contributed by atoms with van der Waals surface area (Å²) in [5.41, 5.74) is 4.93. The fourth-order valence-corrected chi connectivity index (χ4v) is 5.15. The molecule has 2 amide bonds. The second kappa shape index (κ2) is 10.7. The lowest BCUT2D eigenvalue weighted by Crippen LogP contribution is -2.29. The van der Waals surface area contributed by atoms with E-state index < -0.39 is 6.16 Å². The minimum absolute atomic E-state index is 0.266. The number of rotatable bonds is 8. The first-order chi connectivity index (χ1) is 19.9. The van der Waals surface area contributed by atoms with E-state index in [1.165, 1.54) is 11.1 Å². The van der Waals surface area contributed by atoms with E-state index in [-0.39, 0.29) is 17.6 Å². The van der Waals surface area contributed by atoms with Gasteiger partial charge in [0.1, 0.15) is 11.6 Å². The number of aryl methyl sites for hydroxylation is 1. The first-order valence-corrected chi connectivity index (χ1v) is 13.4. The molecule has 3 heterocycles. The van der Waals surface area contributed by atoms with E-state index in [9.17, 15) is 14.4 Å². The number of hydrogen-bond donors (Lipinski definition) is 1. The number of pyridine rings is 1. The van der Waals surface area contributed by atoms with Crippen LogP contribution in [0.15, 0.2) is 85.1 Å². The molecular weight excluding hydrogens is 520 g/mol. The minimum Gasteiger partial charge on any atom is -0.449 e. The number of benzene rings is 3. The number of para-hydroxylation sites is 1. The highest BCUT2D eigenvalue weighted by molar-refractivity contribution is 6.34. The molecular formula is C32H26N4O5. The number of ether oxygens (including phenoxy) is 1.